The van der Waals surface area contributed by atoms with E-state index in [4.69, 9.17) is 5.73 Å². The van der Waals surface area contributed by atoms with E-state index in [1.165, 1.54) is 11.4 Å². The lowest BCUT2D eigenvalue weighted by molar-refractivity contribution is -0.135. The maximum absolute atomic E-state index is 12.6. The van der Waals surface area contributed by atoms with Gasteiger partial charge in [0.25, 0.3) is 0 Å². The van der Waals surface area contributed by atoms with Crippen LogP contribution in [0.1, 0.15) is 16.9 Å². The summed E-state index contributed by atoms with van der Waals surface area (Å²) in [7, 11) is 1.65. The van der Waals surface area contributed by atoms with Crippen LogP contribution in [-0.2, 0) is 17.5 Å². The second-order valence-corrected chi connectivity index (χ2v) is 4.64. The number of alkyl halides is 3. The molecule has 1 amide bonds. The van der Waals surface area contributed by atoms with Crippen LogP contribution in [0.15, 0.2) is 11.4 Å². The fourth-order valence-corrected chi connectivity index (χ4v) is 2.17. The Bertz CT molecular complexity index is 389. The molecule has 0 radical (unpaired) electrons. The fraction of sp³-hybridized carbons (Fsp3) is 0.500. The number of primary amides is 1. The molecule has 0 atom stereocenters. The van der Waals surface area contributed by atoms with E-state index in [-0.39, 0.29) is 18.5 Å². The summed E-state index contributed by atoms with van der Waals surface area (Å²) in [5.41, 5.74) is 5.20. The van der Waals surface area contributed by atoms with Crippen LogP contribution in [0.4, 0.5) is 13.2 Å². The van der Waals surface area contributed by atoms with Gasteiger partial charge in [-0.15, -0.1) is 11.3 Å². The molecule has 1 rings (SSSR count). The number of nitrogens with two attached hydrogens (primary N) is 1. The minimum atomic E-state index is -4.31. The number of hydrogen-bond acceptors (Lipinski definition) is 3. The number of thiophene rings is 1. The molecule has 96 valence electrons. The highest BCUT2D eigenvalue weighted by Crippen LogP contribution is 2.36. The molecule has 0 saturated heterocycles. The van der Waals surface area contributed by atoms with Crippen molar-refractivity contribution in [2.45, 2.75) is 19.1 Å². The molecule has 0 aliphatic carbocycles. The van der Waals surface area contributed by atoms with Crippen molar-refractivity contribution in [3.8, 4) is 0 Å². The van der Waals surface area contributed by atoms with E-state index in [9.17, 15) is 18.0 Å². The number of nitrogens with zero attached hydrogens (tertiary/aromatic N) is 1. The summed E-state index contributed by atoms with van der Waals surface area (Å²) >= 11 is 0.680. The lowest BCUT2D eigenvalue weighted by Crippen LogP contribution is -2.24. The van der Waals surface area contributed by atoms with Gasteiger partial charge >= 0.3 is 6.18 Å². The largest absolute Gasteiger partial charge is 0.425 e. The first-order chi connectivity index (χ1) is 7.80. The average Bonchev–Trinajstić information content (AvgIpc) is 2.62. The summed E-state index contributed by atoms with van der Waals surface area (Å²) in [6.45, 7) is 0.508. The van der Waals surface area contributed by atoms with Crippen molar-refractivity contribution in [1.82, 2.24) is 4.90 Å². The zero-order valence-corrected chi connectivity index (χ0v) is 10.1. The van der Waals surface area contributed by atoms with Gasteiger partial charge in [0.15, 0.2) is 0 Å². The van der Waals surface area contributed by atoms with E-state index in [0.29, 0.717) is 17.9 Å². The highest BCUT2D eigenvalue weighted by molar-refractivity contribution is 7.10. The van der Waals surface area contributed by atoms with Crippen LogP contribution in [0.5, 0.6) is 0 Å². The molecule has 0 aliphatic rings. The molecule has 1 heterocycles. The third-order valence-electron chi connectivity index (χ3n) is 2.18. The second kappa shape index (κ2) is 5.50. The third kappa shape index (κ3) is 4.35. The lowest BCUT2D eigenvalue weighted by Gasteiger charge is -2.16. The maximum atomic E-state index is 12.6. The van der Waals surface area contributed by atoms with Gasteiger partial charge in [-0.2, -0.15) is 13.2 Å². The quantitative estimate of drug-likeness (QED) is 0.887. The summed E-state index contributed by atoms with van der Waals surface area (Å²) in [5.74, 6) is -0.460. The number of hydrogen-bond donors (Lipinski definition) is 1. The molecule has 1 aromatic heterocycles. The van der Waals surface area contributed by atoms with Crippen LogP contribution in [0.3, 0.4) is 0 Å². The first kappa shape index (κ1) is 14.0. The van der Waals surface area contributed by atoms with Gasteiger partial charge in [-0.05, 0) is 24.1 Å². The molecule has 3 nitrogen and oxygen atoms in total. The Kier molecular flexibility index (Phi) is 4.53. The number of halogens is 3. The number of carbonyl (C=O) groups is 1. The van der Waals surface area contributed by atoms with E-state index in [2.05, 4.69) is 0 Å². The normalized spacial score (nSPS) is 12.1. The van der Waals surface area contributed by atoms with Gasteiger partial charge in [0.1, 0.15) is 4.88 Å². The van der Waals surface area contributed by atoms with Crippen LogP contribution >= 0.6 is 11.3 Å². The Labute approximate surface area is 101 Å². The summed E-state index contributed by atoms with van der Waals surface area (Å²) in [4.78, 5) is 11.6. The van der Waals surface area contributed by atoms with Crippen LogP contribution in [0, 0.1) is 0 Å². The zero-order valence-electron chi connectivity index (χ0n) is 9.25. The summed E-state index contributed by atoms with van der Waals surface area (Å²) in [5, 5.41) is 1.42. The average molecular weight is 266 g/mol. The van der Waals surface area contributed by atoms with Gasteiger partial charge in [0.2, 0.25) is 5.91 Å². The predicted octanol–water partition coefficient (Wildman–Crippen LogP) is 2.07. The monoisotopic (exact) mass is 266 g/mol. The molecular weight excluding hydrogens is 253 g/mol. The Morgan fingerprint density at radius 1 is 1.53 bits per heavy atom. The molecule has 7 heteroatoms. The van der Waals surface area contributed by atoms with Gasteiger partial charge in [0, 0.05) is 19.5 Å². The van der Waals surface area contributed by atoms with E-state index >= 15 is 0 Å². The van der Waals surface area contributed by atoms with Crippen LogP contribution in [-0.4, -0.2) is 24.4 Å². The van der Waals surface area contributed by atoms with E-state index in [1.807, 2.05) is 0 Å². The predicted molar refractivity (Wildman–Crippen MR) is 59.5 cm³/mol. The molecule has 1 aromatic rings. The minimum Gasteiger partial charge on any atom is -0.370 e. The number of carbonyl (C=O) groups excluding carboxylic acids is 1. The third-order valence-corrected chi connectivity index (χ3v) is 3.19. The fourth-order valence-electron chi connectivity index (χ4n) is 1.38. The van der Waals surface area contributed by atoms with Crippen molar-refractivity contribution in [2.24, 2.45) is 5.73 Å². The van der Waals surface area contributed by atoms with E-state index < -0.39 is 17.0 Å². The molecule has 0 aliphatic heterocycles. The van der Waals surface area contributed by atoms with Crippen LogP contribution in [0.25, 0.3) is 0 Å². The lowest BCUT2D eigenvalue weighted by atomic mass is 10.2. The maximum Gasteiger partial charge on any atom is 0.425 e. The summed E-state index contributed by atoms with van der Waals surface area (Å²) in [6.07, 6.45) is -4.17. The molecule has 17 heavy (non-hydrogen) atoms. The van der Waals surface area contributed by atoms with Gasteiger partial charge in [0.05, 0.1) is 0 Å². The van der Waals surface area contributed by atoms with Crippen molar-refractivity contribution in [3.05, 3.63) is 21.9 Å². The van der Waals surface area contributed by atoms with Crippen molar-refractivity contribution in [2.75, 3.05) is 13.6 Å². The summed E-state index contributed by atoms with van der Waals surface area (Å²) < 4.78 is 37.7. The zero-order chi connectivity index (χ0) is 13.1. The van der Waals surface area contributed by atoms with E-state index in [1.54, 1.807) is 11.9 Å². The molecule has 0 saturated carbocycles. The van der Waals surface area contributed by atoms with Gasteiger partial charge < -0.3 is 10.6 Å². The smallest absolute Gasteiger partial charge is 0.370 e. The Morgan fingerprint density at radius 3 is 2.71 bits per heavy atom. The molecule has 0 fully saturated rings. The second-order valence-electron chi connectivity index (χ2n) is 3.73. The molecule has 0 unspecified atom stereocenters. The first-order valence-corrected chi connectivity index (χ1v) is 5.79. The molecular formula is C10H13F3N2OS. The van der Waals surface area contributed by atoms with E-state index in [0.717, 1.165) is 0 Å². The SMILES string of the molecule is CN(CCC(N)=O)Cc1ccsc1C(F)(F)F. The Hall–Kier alpha value is -1.08. The Morgan fingerprint density at radius 2 is 2.18 bits per heavy atom. The van der Waals surface area contributed by atoms with Gasteiger partial charge in [-0.3, -0.25) is 4.79 Å². The Balaban J connectivity index is 2.63. The van der Waals surface area contributed by atoms with Crippen molar-refractivity contribution >= 4 is 17.2 Å². The highest BCUT2D eigenvalue weighted by Gasteiger charge is 2.34. The van der Waals surface area contributed by atoms with Gasteiger partial charge in [-0.1, -0.05) is 0 Å². The first-order valence-electron chi connectivity index (χ1n) is 4.91. The highest BCUT2D eigenvalue weighted by atomic mass is 32.1. The van der Waals surface area contributed by atoms with Gasteiger partial charge in [-0.25, -0.2) is 0 Å². The molecule has 0 aromatic carbocycles. The van der Waals surface area contributed by atoms with Crippen LogP contribution < -0.4 is 5.73 Å². The van der Waals surface area contributed by atoms with Crippen molar-refractivity contribution < 1.29 is 18.0 Å². The topological polar surface area (TPSA) is 46.3 Å². The molecule has 0 spiro atoms. The minimum absolute atomic E-state index is 0.141. The van der Waals surface area contributed by atoms with Crippen molar-refractivity contribution in [3.63, 3.8) is 0 Å². The molecule has 0 bridgehead atoms. The molecule has 2 N–H and O–H groups in total. The summed E-state index contributed by atoms with van der Waals surface area (Å²) in [6, 6.07) is 1.45. The standard InChI is InChI=1S/C10H13F3N2OS/c1-15(4-2-8(14)16)6-7-3-5-17-9(7)10(11,12)13/h3,5H,2,4,6H2,1H3,(H2,14,16). The van der Waals surface area contributed by atoms with Crippen LogP contribution in [0.2, 0.25) is 0 Å². The number of rotatable bonds is 5. The number of amides is 1. The van der Waals surface area contributed by atoms with Crippen molar-refractivity contribution in [1.29, 1.82) is 0 Å².